The van der Waals surface area contributed by atoms with Gasteiger partial charge in [-0.2, -0.15) is 13.2 Å². The fourth-order valence-corrected chi connectivity index (χ4v) is 5.53. The Balaban J connectivity index is 1.68. The number of hydrogen-bond acceptors (Lipinski definition) is 3. The lowest BCUT2D eigenvalue weighted by atomic mass is 9.89. The molecule has 0 saturated carbocycles. The normalized spacial score (nSPS) is 23.0. The molecule has 2 saturated heterocycles. The molecule has 1 N–H and O–H groups in total. The van der Waals surface area contributed by atoms with Gasteiger partial charge in [0.05, 0.1) is 36.2 Å². The molecule has 9 heteroatoms. The molecule has 4 unspecified atom stereocenters. The Bertz CT molecular complexity index is 1150. The minimum atomic E-state index is -4.48. The van der Waals surface area contributed by atoms with Crippen molar-refractivity contribution in [3.63, 3.8) is 0 Å². The van der Waals surface area contributed by atoms with E-state index in [4.69, 9.17) is 0 Å². The quantitative estimate of drug-likeness (QED) is 0.658. The first kappa shape index (κ1) is 26.0. The first-order valence-corrected chi connectivity index (χ1v) is 12.1. The van der Waals surface area contributed by atoms with Gasteiger partial charge in [0.2, 0.25) is 5.91 Å². The van der Waals surface area contributed by atoms with Crippen molar-refractivity contribution in [3.05, 3.63) is 70.3 Å². The molecule has 2 heterocycles. The lowest BCUT2D eigenvalue weighted by Gasteiger charge is -2.47. The molecule has 2 aliphatic heterocycles. The summed E-state index contributed by atoms with van der Waals surface area (Å²) in [5.41, 5.74) is 2.03. The van der Waals surface area contributed by atoms with E-state index in [1.54, 1.807) is 36.8 Å². The second-order valence-electron chi connectivity index (χ2n) is 9.91. The Labute approximate surface area is 209 Å². The Kier molecular flexibility index (Phi) is 7.05. The fourth-order valence-electron chi connectivity index (χ4n) is 5.53. The van der Waals surface area contributed by atoms with Crippen molar-refractivity contribution in [1.82, 2.24) is 14.7 Å². The van der Waals surface area contributed by atoms with Crippen molar-refractivity contribution in [2.75, 3.05) is 26.7 Å². The largest absolute Gasteiger partial charge is 0.416 e. The molecule has 0 aliphatic carbocycles. The number of benzene rings is 2. The minimum Gasteiger partial charge on any atom is -0.396 e. The van der Waals surface area contributed by atoms with Crippen LogP contribution in [0.5, 0.6) is 0 Å². The maximum absolute atomic E-state index is 13.9. The molecule has 0 bridgehead atoms. The Morgan fingerprint density at radius 3 is 2.50 bits per heavy atom. The van der Waals surface area contributed by atoms with Crippen molar-refractivity contribution >= 4 is 11.9 Å². The molecule has 2 aliphatic rings. The topological polar surface area (TPSA) is 64.1 Å². The molecular formula is C27H32F3N3O3. The van der Waals surface area contributed by atoms with Crippen molar-refractivity contribution in [2.24, 2.45) is 5.92 Å². The van der Waals surface area contributed by atoms with Crippen LogP contribution in [0.1, 0.15) is 53.2 Å². The number of piperazine rings is 1. The van der Waals surface area contributed by atoms with E-state index >= 15 is 0 Å². The van der Waals surface area contributed by atoms with Crippen molar-refractivity contribution in [1.29, 1.82) is 0 Å². The van der Waals surface area contributed by atoms with Gasteiger partial charge in [-0.1, -0.05) is 35.9 Å². The zero-order valence-electron chi connectivity index (χ0n) is 20.9. The third kappa shape index (κ3) is 4.68. The lowest BCUT2D eigenvalue weighted by molar-refractivity contribution is -0.138. The van der Waals surface area contributed by atoms with Crippen LogP contribution in [-0.4, -0.2) is 64.5 Å². The standard InChI is InChI=1S/C27H32F3N3O3/c1-16-11-19(13-21(12-16)27(28,29)30)18(3)31(4)26(36)33-10-9-32-23(14-20(15-34)25(32)35)24(33)22-8-6-5-7-17(22)2/h5-8,11-13,18,20,23-24,34H,9-10,14-15H2,1-4H3. The first-order chi connectivity index (χ1) is 16.9. The summed E-state index contributed by atoms with van der Waals surface area (Å²) >= 11 is 0. The number of urea groups is 1. The number of hydrogen-bond donors (Lipinski definition) is 1. The Hall–Kier alpha value is -3.07. The third-order valence-corrected chi connectivity index (χ3v) is 7.61. The van der Waals surface area contributed by atoms with Gasteiger partial charge < -0.3 is 19.8 Å². The highest BCUT2D eigenvalue weighted by Crippen LogP contribution is 2.41. The molecule has 0 radical (unpaired) electrons. The number of carbonyl (C=O) groups excluding carboxylic acids is 2. The van der Waals surface area contributed by atoms with Crippen molar-refractivity contribution in [2.45, 2.75) is 51.5 Å². The number of aliphatic hydroxyl groups is 1. The van der Waals surface area contributed by atoms with Gasteiger partial charge in [-0.05, 0) is 56.0 Å². The van der Waals surface area contributed by atoms with E-state index in [0.717, 1.165) is 23.3 Å². The van der Waals surface area contributed by atoms with Crippen LogP contribution in [-0.2, 0) is 11.0 Å². The third-order valence-electron chi connectivity index (χ3n) is 7.61. The van der Waals surface area contributed by atoms with Crippen LogP contribution in [0, 0.1) is 19.8 Å². The average Bonchev–Trinajstić information content (AvgIpc) is 3.17. The summed E-state index contributed by atoms with van der Waals surface area (Å²) in [4.78, 5) is 31.7. The molecule has 0 aromatic heterocycles. The SMILES string of the molecule is Cc1cc(C(C)N(C)C(=O)N2CCN3C(=O)C(CO)CC3C2c2ccccc2C)cc(C(F)(F)F)c1. The van der Waals surface area contributed by atoms with E-state index in [2.05, 4.69) is 0 Å². The van der Waals surface area contributed by atoms with Crippen molar-refractivity contribution in [3.8, 4) is 0 Å². The minimum absolute atomic E-state index is 0.102. The summed E-state index contributed by atoms with van der Waals surface area (Å²) in [5, 5.41) is 9.74. The lowest BCUT2D eigenvalue weighted by Crippen LogP contribution is -2.57. The number of alkyl halides is 3. The monoisotopic (exact) mass is 503 g/mol. The molecule has 194 valence electrons. The van der Waals surface area contributed by atoms with Crippen molar-refractivity contribution < 1.29 is 27.9 Å². The number of halogens is 3. The van der Waals surface area contributed by atoms with Gasteiger partial charge in [0.15, 0.2) is 0 Å². The molecule has 4 atom stereocenters. The maximum atomic E-state index is 13.9. The van der Waals surface area contributed by atoms with E-state index in [9.17, 15) is 27.9 Å². The summed E-state index contributed by atoms with van der Waals surface area (Å²) in [6.07, 6.45) is -4.04. The number of aliphatic hydroxyl groups excluding tert-OH is 1. The van der Waals surface area contributed by atoms with Gasteiger partial charge in [0.1, 0.15) is 0 Å². The average molecular weight is 504 g/mol. The van der Waals surface area contributed by atoms with Gasteiger partial charge in [-0.25, -0.2) is 4.79 Å². The highest BCUT2D eigenvalue weighted by atomic mass is 19.4. The smallest absolute Gasteiger partial charge is 0.396 e. The van der Waals surface area contributed by atoms with E-state index in [1.807, 2.05) is 31.2 Å². The van der Waals surface area contributed by atoms with Crippen LogP contribution in [0.3, 0.4) is 0 Å². The summed E-state index contributed by atoms with van der Waals surface area (Å²) in [6, 6.07) is 9.93. The Morgan fingerprint density at radius 2 is 1.86 bits per heavy atom. The van der Waals surface area contributed by atoms with Crippen LogP contribution in [0.2, 0.25) is 0 Å². The summed E-state index contributed by atoms with van der Waals surface area (Å²) in [6.45, 7) is 5.67. The predicted molar refractivity (Wildman–Crippen MR) is 129 cm³/mol. The molecule has 6 nitrogen and oxygen atoms in total. The molecule has 0 spiro atoms. The van der Waals surface area contributed by atoms with E-state index in [1.165, 1.54) is 4.90 Å². The molecule has 36 heavy (non-hydrogen) atoms. The highest BCUT2D eigenvalue weighted by molar-refractivity contribution is 5.83. The second-order valence-corrected chi connectivity index (χ2v) is 9.91. The highest BCUT2D eigenvalue weighted by Gasteiger charge is 2.49. The zero-order valence-corrected chi connectivity index (χ0v) is 20.9. The number of nitrogens with zero attached hydrogens (tertiary/aromatic N) is 3. The van der Waals surface area contributed by atoms with E-state index < -0.39 is 29.7 Å². The summed E-state index contributed by atoms with van der Waals surface area (Å²) < 4.78 is 40.3. The number of fused-ring (bicyclic) bond motifs is 1. The Morgan fingerprint density at radius 1 is 1.17 bits per heavy atom. The van der Waals surface area contributed by atoms with Crippen LogP contribution in [0.15, 0.2) is 42.5 Å². The predicted octanol–water partition coefficient (Wildman–Crippen LogP) is 4.70. The number of rotatable bonds is 4. The van der Waals surface area contributed by atoms with Gasteiger partial charge in [0.25, 0.3) is 0 Å². The van der Waals surface area contributed by atoms with Crippen LogP contribution < -0.4 is 0 Å². The van der Waals surface area contributed by atoms with Gasteiger partial charge >= 0.3 is 12.2 Å². The molecular weight excluding hydrogens is 471 g/mol. The number of amides is 3. The van der Waals surface area contributed by atoms with E-state index in [-0.39, 0.29) is 31.1 Å². The molecule has 2 fully saturated rings. The number of carbonyl (C=O) groups is 2. The summed E-state index contributed by atoms with van der Waals surface area (Å²) in [7, 11) is 1.60. The van der Waals surface area contributed by atoms with Crippen LogP contribution in [0.4, 0.5) is 18.0 Å². The molecule has 3 amide bonds. The van der Waals surface area contributed by atoms with Gasteiger partial charge in [-0.3, -0.25) is 4.79 Å². The zero-order chi connectivity index (χ0) is 26.4. The molecule has 4 rings (SSSR count). The number of aryl methyl sites for hydroxylation is 2. The fraction of sp³-hybridized carbons (Fsp3) is 0.481. The second kappa shape index (κ2) is 9.76. The van der Waals surface area contributed by atoms with Crippen LogP contribution >= 0.6 is 0 Å². The summed E-state index contributed by atoms with van der Waals surface area (Å²) in [5.74, 6) is -0.601. The van der Waals surface area contributed by atoms with E-state index in [0.29, 0.717) is 24.1 Å². The first-order valence-electron chi connectivity index (χ1n) is 12.1. The van der Waals surface area contributed by atoms with Gasteiger partial charge in [-0.15, -0.1) is 0 Å². The van der Waals surface area contributed by atoms with Gasteiger partial charge in [0, 0.05) is 20.1 Å². The maximum Gasteiger partial charge on any atom is 0.416 e. The molecule has 2 aromatic rings. The van der Waals surface area contributed by atoms with Crippen LogP contribution in [0.25, 0.3) is 0 Å². The molecule has 2 aromatic carbocycles.